The van der Waals surface area contributed by atoms with Crippen molar-refractivity contribution >= 4 is 5.91 Å². The highest BCUT2D eigenvalue weighted by molar-refractivity contribution is 5.83. The molecule has 2 N–H and O–H groups in total. The molecule has 86 valence electrons. The third-order valence-electron chi connectivity index (χ3n) is 2.87. The number of benzene rings is 1. The SMILES string of the molecule is Cc1ccccc1CNC1CN(C)NC1=O. The van der Waals surface area contributed by atoms with Gasteiger partial charge in [-0.25, -0.2) is 5.01 Å². The summed E-state index contributed by atoms with van der Waals surface area (Å²) in [5.41, 5.74) is 5.24. The summed E-state index contributed by atoms with van der Waals surface area (Å²) in [4.78, 5) is 11.5. The van der Waals surface area contributed by atoms with E-state index in [1.807, 2.05) is 19.2 Å². The summed E-state index contributed by atoms with van der Waals surface area (Å²) in [7, 11) is 1.87. The molecule has 1 aromatic rings. The number of aryl methyl sites for hydroxylation is 1. The molecule has 0 spiro atoms. The largest absolute Gasteiger partial charge is 0.301 e. The predicted octanol–water partition coefficient (Wildman–Crippen LogP) is 0.430. The van der Waals surface area contributed by atoms with Crippen LogP contribution in [0.1, 0.15) is 11.1 Å². The number of carbonyl (C=O) groups is 1. The second-order valence-corrected chi connectivity index (χ2v) is 4.22. The summed E-state index contributed by atoms with van der Waals surface area (Å²) in [6.45, 7) is 3.53. The zero-order chi connectivity index (χ0) is 11.5. The number of nitrogens with one attached hydrogen (secondary N) is 2. The molecule has 1 fully saturated rings. The smallest absolute Gasteiger partial charge is 0.252 e. The fourth-order valence-electron chi connectivity index (χ4n) is 1.87. The molecule has 0 saturated carbocycles. The molecular weight excluding hydrogens is 202 g/mol. The van der Waals surface area contributed by atoms with Gasteiger partial charge >= 0.3 is 0 Å². The minimum atomic E-state index is -0.107. The van der Waals surface area contributed by atoms with Gasteiger partial charge in [-0.05, 0) is 18.1 Å². The van der Waals surface area contributed by atoms with Gasteiger partial charge in [-0.2, -0.15) is 0 Å². The van der Waals surface area contributed by atoms with Gasteiger partial charge in [-0.1, -0.05) is 24.3 Å². The third kappa shape index (κ3) is 2.40. The van der Waals surface area contributed by atoms with Crippen molar-refractivity contribution in [1.82, 2.24) is 15.8 Å². The Morgan fingerprint density at radius 1 is 1.50 bits per heavy atom. The van der Waals surface area contributed by atoms with Crippen molar-refractivity contribution in [2.24, 2.45) is 0 Å². The Hall–Kier alpha value is -1.39. The van der Waals surface area contributed by atoms with E-state index in [1.165, 1.54) is 11.1 Å². The maximum atomic E-state index is 11.5. The topological polar surface area (TPSA) is 44.4 Å². The number of nitrogens with zero attached hydrogens (tertiary/aromatic N) is 1. The Balaban J connectivity index is 1.93. The van der Waals surface area contributed by atoms with Crippen molar-refractivity contribution in [2.45, 2.75) is 19.5 Å². The molecule has 4 heteroatoms. The van der Waals surface area contributed by atoms with Crippen molar-refractivity contribution in [3.05, 3.63) is 35.4 Å². The van der Waals surface area contributed by atoms with Crippen LogP contribution in [0.4, 0.5) is 0 Å². The van der Waals surface area contributed by atoms with Crippen LogP contribution in [0.5, 0.6) is 0 Å². The predicted molar refractivity (Wildman–Crippen MR) is 62.6 cm³/mol. The van der Waals surface area contributed by atoms with Gasteiger partial charge in [-0.3, -0.25) is 10.2 Å². The van der Waals surface area contributed by atoms with Crippen molar-refractivity contribution in [1.29, 1.82) is 0 Å². The van der Waals surface area contributed by atoms with E-state index in [4.69, 9.17) is 0 Å². The fourth-order valence-corrected chi connectivity index (χ4v) is 1.87. The lowest BCUT2D eigenvalue weighted by Gasteiger charge is -2.11. The van der Waals surface area contributed by atoms with Gasteiger partial charge < -0.3 is 5.32 Å². The molecule has 0 radical (unpaired) electrons. The van der Waals surface area contributed by atoms with Crippen LogP contribution >= 0.6 is 0 Å². The summed E-state index contributed by atoms with van der Waals surface area (Å²) in [6, 6.07) is 8.10. The number of hydrogen-bond donors (Lipinski definition) is 2. The van der Waals surface area contributed by atoms with E-state index in [0.29, 0.717) is 6.54 Å². The van der Waals surface area contributed by atoms with E-state index in [0.717, 1.165) is 6.54 Å². The maximum Gasteiger partial charge on any atom is 0.252 e. The fraction of sp³-hybridized carbons (Fsp3) is 0.417. The molecule has 1 saturated heterocycles. The van der Waals surface area contributed by atoms with Crippen molar-refractivity contribution < 1.29 is 4.79 Å². The van der Waals surface area contributed by atoms with Gasteiger partial charge in [0.15, 0.2) is 0 Å². The zero-order valence-corrected chi connectivity index (χ0v) is 9.66. The Labute approximate surface area is 95.6 Å². The first kappa shape index (κ1) is 11.1. The van der Waals surface area contributed by atoms with E-state index in [2.05, 4.69) is 29.8 Å². The second kappa shape index (κ2) is 4.63. The quantitative estimate of drug-likeness (QED) is 0.775. The van der Waals surface area contributed by atoms with Crippen molar-refractivity contribution in [3.63, 3.8) is 0 Å². The summed E-state index contributed by atoms with van der Waals surface area (Å²) in [5.74, 6) is 0.0519. The van der Waals surface area contributed by atoms with Crippen molar-refractivity contribution in [2.75, 3.05) is 13.6 Å². The van der Waals surface area contributed by atoms with Crippen LogP contribution < -0.4 is 10.7 Å². The molecule has 1 aromatic carbocycles. The molecule has 1 heterocycles. The van der Waals surface area contributed by atoms with E-state index in [-0.39, 0.29) is 11.9 Å². The monoisotopic (exact) mass is 219 g/mol. The molecule has 0 aliphatic carbocycles. The van der Waals surface area contributed by atoms with Crippen LogP contribution in [-0.2, 0) is 11.3 Å². The Kier molecular flexibility index (Phi) is 3.22. The van der Waals surface area contributed by atoms with Crippen LogP contribution in [-0.4, -0.2) is 30.6 Å². The number of amides is 1. The second-order valence-electron chi connectivity index (χ2n) is 4.22. The summed E-state index contributed by atoms with van der Waals surface area (Å²) < 4.78 is 0. The molecular formula is C12H17N3O. The van der Waals surface area contributed by atoms with E-state index in [1.54, 1.807) is 5.01 Å². The van der Waals surface area contributed by atoms with Gasteiger partial charge in [-0.15, -0.1) is 0 Å². The van der Waals surface area contributed by atoms with Gasteiger partial charge in [0.1, 0.15) is 6.04 Å². The van der Waals surface area contributed by atoms with Gasteiger partial charge in [0, 0.05) is 20.1 Å². The highest BCUT2D eigenvalue weighted by atomic mass is 16.2. The number of likely N-dealkylation sites (N-methyl/N-ethyl adjacent to an activating group) is 1. The van der Waals surface area contributed by atoms with Gasteiger partial charge in [0.2, 0.25) is 0 Å². The molecule has 1 aliphatic heterocycles. The maximum absolute atomic E-state index is 11.5. The van der Waals surface area contributed by atoms with Crippen LogP contribution in [0, 0.1) is 6.92 Å². The van der Waals surface area contributed by atoms with Crippen LogP contribution in [0.15, 0.2) is 24.3 Å². The number of rotatable bonds is 3. The highest BCUT2D eigenvalue weighted by Crippen LogP contribution is 2.07. The molecule has 0 aromatic heterocycles. The van der Waals surface area contributed by atoms with Gasteiger partial charge in [0.05, 0.1) is 0 Å². The normalized spacial score (nSPS) is 21.1. The molecule has 1 unspecified atom stereocenters. The first-order valence-electron chi connectivity index (χ1n) is 5.46. The summed E-state index contributed by atoms with van der Waals surface area (Å²) in [6.07, 6.45) is 0. The zero-order valence-electron chi connectivity index (χ0n) is 9.66. The standard InChI is InChI=1S/C12H17N3O/c1-9-5-3-4-6-10(9)7-13-11-8-15(2)14-12(11)16/h3-6,11,13H,7-8H2,1-2H3,(H,14,16). The summed E-state index contributed by atoms with van der Waals surface area (Å²) in [5, 5.41) is 5.07. The number of hydrogen-bond acceptors (Lipinski definition) is 3. The third-order valence-corrected chi connectivity index (χ3v) is 2.87. The Morgan fingerprint density at radius 3 is 2.88 bits per heavy atom. The first-order chi connectivity index (χ1) is 7.66. The Morgan fingerprint density at radius 2 is 2.25 bits per heavy atom. The molecule has 1 atom stereocenters. The van der Waals surface area contributed by atoms with Crippen LogP contribution in [0.3, 0.4) is 0 Å². The van der Waals surface area contributed by atoms with E-state index >= 15 is 0 Å². The average Bonchev–Trinajstić information content (AvgIpc) is 2.56. The first-order valence-corrected chi connectivity index (χ1v) is 5.46. The minimum Gasteiger partial charge on any atom is -0.301 e. The lowest BCUT2D eigenvalue weighted by Crippen LogP contribution is -2.37. The highest BCUT2D eigenvalue weighted by Gasteiger charge is 2.27. The molecule has 1 aliphatic rings. The Bertz CT molecular complexity index is 392. The number of hydrazine groups is 1. The van der Waals surface area contributed by atoms with Crippen molar-refractivity contribution in [3.8, 4) is 0 Å². The van der Waals surface area contributed by atoms with E-state index < -0.39 is 0 Å². The summed E-state index contributed by atoms with van der Waals surface area (Å²) >= 11 is 0. The average molecular weight is 219 g/mol. The lowest BCUT2D eigenvalue weighted by molar-refractivity contribution is -0.122. The molecule has 0 bridgehead atoms. The van der Waals surface area contributed by atoms with E-state index in [9.17, 15) is 4.79 Å². The molecule has 4 nitrogen and oxygen atoms in total. The van der Waals surface area contributed by atoms with Crippen LogP contribution in [0.2, 0.25) is 0 Å². The lowest BCUT2D eigenvalue weighted by atomic mass is 10.1. The van der Waals surface area contributed by atoms with Crippen LogP contribution in [0.25, 0.3) is 0 Å². The molecule has 16 heavy (non-hydrogen) atoms. The molecule has 1 amide bonds. The number of carbonyl (C=O) groups excluding carboxylic acids is 1. The van der Waals surface area contributed by atoms with Gasteiger partial charge in [0.25, 0.3) is 5.91 Å². The minimum absolute atomic E-state index is 0.0519. The molecule has 2 rings (SSSR count).